The zero-order valence-corrected chi connectivity index (χ0v) is 9.05. The van der Waals surface area contributed by atoms with Crippen LogP contribution in [0.4, 0.5) is 0 Å². The molecule has 0 saturated carbocycles. The van der Waals surface area contributed by atoms with Crippen molar-refractivity contribution in [2.75, 3.05) is 6.61 Å². The van der Waals surface area contributed by atoms with E-state index in [9.17, 15) is 0 Å². The third kappa shape index (κ3) is 4.40. The molecule has 1 aromatic carbocycles. The SMILES string of the molecule is CC(C)c1ccc(CCON(O)O)cc1. The van der Waals surface area contributed by atoms with Gasteiger partial charge in [-0.1, -0.05) is 38.1 Å². The summed E-state index contributed by atoms with van der Waals surface area (Å²) in [6.07, 6.45) is 0.649. The predicted octanol–water partition coefficient (Wildman–Crippen LogP) is 2.36. The van der Waals surface area contributed by atoms with E-state index in [0.717, 1.165) is 5.56 Å². The standard InChI is InChI=1S/C11H17NO3/c1-9(2)11-5-3-10(4-6-11)7-8-15-12(13)14/h3-6,9,13-14H,7-8H2,1-2H3. The van der Waals surface area contributed by atoms with E-state index in [1.54, 1.807) is 0 Å². The predicted molar refractivity (Wildman–Crippen MR) is 55.6 cm³/mol. The lowest BCUT2D eigenvalue weighted by Gasteiger charge is -2.08. The molecule has 0 bridgehead atoms. The summed E-state index contributed by atoms with van der Waals surface area (Å²) in [4.78, 5) is 4.47. The maximum absolute atomic E-state index is 8.31. The molecule has 0 saturated heterocycles. The fourth-order valence-corrected chi connectivity index (χ4v) is 1.31. The van der Waals surface area contributed by atoms with E-state index >= 15 is 0 Å². The lowest BCUT2D eigenvalue weighted by molar-refractivity contribution is -0.492. The number of hydrogen-bond donors (Lipinski definition) is 2. The Balaban J connectivity index is 2.43. The molecular formula is C11H17NO3. The maximum atomic E-state index is 8.31. The van der Waals surface area contributed by atoms with Crippen LogP contribution in [0.1, 0.15) is 30.9 Å². The van der Waals surface area contributed by atoms with Crippen LogP contribution in [0.15, 0.2) is 24.3 Å². The summed E-state index contributed by atoms with van der Waals surface area (Å²) < 4.78 is 0. The summed E-state index contributed by atoms with van der Waals surface area (Å²) >= 11 is 0. The van der Waals surface area contributed by atoms with Gasteiger partial charge in [0.15, 0.2) is 0 Å². The van der Waals surface area contributed by atoms with Crippen molar-refractivity contribution < 1.29 is 15.3 Å². The smallest absolute Gasteiger partial charge is 0.0776 e. The van der Waals surface area contributed by atoms with Crippen LogP contribution in [0.5, 0.6) is 0 Å². The second kappa shape index (κ2) is 5.82. The van der Waals surface area contributed by atoms with Crippen LogP contribution in [0.2, 0.25) is 0 Å². The Kier molecular flexibility index (Phi) is 4.71. The minimum atomic E-state index is -0.261. The van der Waals surface area contributed by atoms with Crippen molar-refractivity contribution in [3.05, 3.63) is 35.4 Å². The Morgan fingerprint density at radius 2 is 1.80 bits per heavy atom. The highest BCUT2D eigenvalue weighted by Crippen LogP contribution is 2.14. The topological polar surface area (TPSA) is 52.9 Å². The third-order valence-electron chi connectivity index (χ3n) is 2.24. The Bertz CT molecular complexity index is 282. The molecule has 0 spiro atoms. The molecular weight excluding hydrogens is 194 g/mol. The summed E-state index contributed by atoms with van der Waals surface area (Å²) in [6, 6.07) is 8.21. The van der Waals surface area contributed by atoms with Gasteiger partial charge in [-0.15, -0.1) is 0 Å². The van der Waals surface area contributed by atoms with Crippen LogP contribution in [-0.4, -0.2) is 22.4 Å². The van der Waals surface area contributed by atoms with Gasteiger partial charge in [-0.2, -0.15) is 0 Å². The number of nitrogens with zero attached hydrogens (tertiary/aromatic N) is 1. The second-order valence-electron chi connectivity index (χ2n) is 3.73. The summed E-state index contributed by atoms with van der Waals surface area (Å²) in [7, 11) is 0. The van der Waals surface area contributed by atoms with Crippen molar-refractivity contribution in [3.8, 4) is 0 Å². The molecule has 1 aromatic rings. The second-order valence-corrected chi connectivity index (χ2v) is 3.73. The van der Waals surface area contributed by atoms with Crippen molar-refractivity contribution in [2.45, 2.75) is 26.2 Å². The molecule has 0 aliphatic heterocycles. The van der Waals surface area contributed by atoms with Crippen molar-refractivity contribution in [1.29, 1.82) is 0 Å². The molecule has 0 unspecified atom stereocenters. The van der Waals surface area contributed by atoms with E-state index in [2.05, 4.69) is 30.8 Å². The molecule has 0 aliphatic carbocycles. The lowest BCUT2D eigenvalue weighted by Crippen LogP contribution is -2.16. The van der Waals surface area contributed by atoms with Crippen LogP contribution in [0, 0.1) is 0 Å². The van der Waals surface area contributed by atoms with Gasteiger partial charge in [0.1, 0.15) is 0 Å². The van der Waals surface area contributed by atoms with Gasteiger partial charge in [0, 0.05) is 0 Å². The fourth-order valence-electron chi connectivity index (χ4n) is 1.31. The summed E-state index contributed by atoms with van der Waals surface area (Å²) in [6.45, 7) is 4.54. The van der Waals surface area contributed by atoms with E-state index < -0.39 is 0 Å². The molecule has 4 heteroatoms. The van der Waals surface area contributed by atoms with Gasteiger partial charge in [-0.3, -0.25) is 15.3 Å². The molecule has 0 fully saturated rings. The van der Waals surface area contributed by atoms with E-state index in [1.165, 1.54) is 5.56 Å². The molecule has 1 rings (SSSR count). The lowest BCUT2D eigenvalue weighted by atomic mass is 10.0. The largest absolute Gasteiger partial charge is 0.266 e. The Morgan fingerprint density at radius 3 is 2.27 bits per heavy atom. The Labute approximate surface area is 89.6 Å². The molecule has 2 N–H and O–H groups in total. The highest BCUT2D eigenvalue weighted by Gasteiger charge is 2.00. The van der Waals surface area contributed by atoms with Gasteiger partial charge >= 0.3 is 0 Å². The first-order chi connectivity index (χ1) is 7.09. The van der Waals surface area contributed by atoms with Crippen LogP contribution in [0.25, 0.3) is 0 Å². The van der Waals surface area contributed by atoms with E-state index in [0.29, 0.717) is 12.3 Å². The Hall–Kier alpha value is -0.940. The maximum Gasteiger partial charge on any atom is 0.0776 e. The zero-order valence-electron chi connectivity index (χ0n) is 9.05. The van der Waals surface area contributed by atoms with Gasteiger partial charge in [0.25, 0.3) is 0 Å². The average molecular weight is 211 g/mol. The Morgan fingerprint density at radius 1 is 1.20 bits per heavy atom. The monoisotopic (exact) mass is 211 g/mol. The minimum Gasteiger partial charge on any atom is -0.266 e. The van der Waals surface area contributed by atoms with E-state index in [-0.39, 0.29) is 12.0 Å². The minimum absolute atomic E-state index is 0.244. The fraction of sp³-hybridized carbons (Fsp3) is 0.455. The van der Waals surface area contributed by atoms with Gasteiger partial charge < -0.3 is 0 Å². The van der Waals surface area contributed by atoms with Crippen LogP contribution in [-0.2, 0) is 11.3 Å². The number of hydrogen-bond acceptors (Lipinski definition) is 4. The summed E-state index contributed by atoms with van der Waals surface area (Å²) in [5.41, 5.74) is 2.41. The molecule has 84 valence electrons. The molecule has 0 aromatic heterocycles. The quantitative estimate of drug-likeness (QED) is 0.734. The van der Waals surface area contributed by atoms with Crippen LogP contribution < -0.4 is 0 Å². The first kappa shape index (κ1) is 12.1. The number of rotatable bonds is 5. The zero-order chi connectivity index (χ0) is 11.3. The summed E-state index contributed by atoms with van der Waals surface area (Å²) in [5, 5.41) is 16.4. The normalized spacial score (nSPS) is 11.3. The van der Waals surface area contributed by atoms with Gasteiger partial charge in [0.05, 0.1) is 12.0 Å². The molecule has 0 aliphatic rings. The highest BCUT2D eigenvalue weighted by atomic mass is 17.1. The first-order valence-corrected chi connectivity index (χ1v) is 4.99. The van der Waals surface area contributed by atoms with Crippen LogP contribution in [0.3, 0.4) is 0 Å². The molecule has 0 amide bonds. The van der Waals surface area contributed by atoms with Crippen molar-refractivity contribution >= 4 is 0 Å². The highest BCUT2D eigenvalue weighted by molar-refractivity contribution is 5.24. The molecule has 0 radical (unpaired) electrons. The van der Waals surface area contributed by atoms with Gasteiger partial charge in [0.2, 0.25) is 0 Å². The van der Waals surface area contributed by atoms with Crippen molar-refractivity contribution in [3.63, 3.8) is 0 Å². The van der Waals surface area contributed by atoms with Gasteiger partial charge in [-0.05, 0) is 23.5 Å². The molecule has 0 heterocycles. The molecule has 15 heavy (non-hydrogen) atoms. The van der Waals surface area contributed by atoms with E-state index in [1.807, 2.05) is 12.1 Å². The van der Waals surface area contributed by atoms with Crippen LogP contribution >= 0.6 is 0 Å². The van der Waals surface area contributed by atoms with Crippen molar-refractivity contribution in [1.82, 2.24) is 5.39 Å². The number of benzene rings is 1. The van der Waals surface area contributed by atoms with E-state index in [4.69, 9.17) is 10.4 Å². The summed E-state index contributed by atoms with van der Waals surface area (Å²) in [5.74, 6) is 0.528. The first-order valence-electron chi connectivity index (χ1n) is 4.99. The average Bonchev–Trinajstić information content (AvgIpc) is 2.18. The third-order valence-corrected chi connectivity index (χ3v) is 2.24. The molecule has 4 nitrogen and oxygen atoms in total. The van der Waals surface area contributed by atoms with Gasteiger partial charge in [-0.25, -0.2) is 0 Å². The van der Waals surface area contributed by atoms with Crippen molar-refractivity contribution in [2.24, 2.45) is 0 Å². The molecule has 0 atom stereocenters.